The Balaban J connectivity index is 2.17. The van der Waals surface area contributed by atoms with Gasteiger partial charge in [0.05, 0.1) is 21.7 Å². The second kappa shape index (κ2) is 7.20. The largest absolute Gasteiger partial charge is 0.312 e. The Morgan fingerprint density at radius 3 is 2.71 bits per heavy atom. The van der Waals surface area contributed by atoms with Crippen LogP contribution >= 0.6 is 11.3 Å². The van der Waals surface area contributed by atoms with Gasteiger partial charge in [-0.15, -0.1) is 11.3 Å². The normalized spacial score (nSPS) is 23.1. The van der Waals surface area contributed by atoms with Gasteiger partial charge in [0.1, 0.15) is 0 Å². The van der Waals surface area contributed by atoms with Crippen LogP contribution in [-0.2, 0) is 16.3 Å². The van der Waals surface area contributed by atoms with Gasteiger partial charge in [0.2, 0.25) is 0 Å². The van der Waals surface area contributed by atoms with Crippen molar-refractivity contribution in [3.8, 4) is 0 Å². The Bertz CT molecular complexity index is 547. The molecule has 2 unspecified atom stereocenters. The van der Waals surface area contributed by atoms with Crippen LogP contribution in [-0.4, -0.2) is 37.0 Å². The van der Waals surface area contributed by atoms with Crippen molar-refractivity contribution in [1.29, 1.82) is 0 Å². The average molecular weight is 331 g/mol. The molecule has 4 nitrogen and oxygen atoms in total. The minimum Gasteiger partial charge on any atom is -0.312 e. The molecule has 0 aromatic carbocycles. The molecule has 2 atom stereocenters. The fraction of sp³-hybridized carbons (Fsp3) is 0.800. The van der Waals surface area contributed by atoms with E-state index in [1.807, 2.05) is 6.92 Å². The molecule has 2 heterocycles. The maximum atomic E-state index is 12.4. The predicted octanol–water partition coefficient (Wildman–Crippen LogP) is 2.64. The van der Waals surface area contributed by atoms with Crippen molar-refractivity contribution >= 4 is 21.2 Å². The summed E-state index contributed by atoms with van der Waals surface area (Å²) in [5, 5.41) is 4.27. The molecule has 6 heteroatoms. The first kappa shape index (κ1) is 16.9. The third kappa shape index (κ3) is 4.27. The minimum absolute atomic E-state index is 0.000185. The minimum atomic E-state index is -2.96. The maximum Gasteiger partial charge on any atom is 0.154 e. The van der Waals surface area contributed by atoms with Crippen LogP contribution in [0.1, 0.15) is 48.2 Å². The number of sulfone groups is 1. The van der Waals surface area contributed by atoms with Gasteiger partial charge in [-0.3, -0.25) is 0 Å². The van der Waals surface area contributed by atoms with Gasteiger partial charge in [-0.1, -0.05) is 13.3 Å². The van der Waals surface area contributed by atoms with E-state index in [-0.39, 0.29) is 11.3 Å². The van der Waals surface area contributed by atoms with Crippen molar-refractivity contribution in [3.05, 3.63) is 15.6 Å². The number of rotatable bonds is 6. The van der Waals surface area contributed by atoms with E-state index in [0.717, 1.165) is 49.4 Å². The fourth-order valence-electron chi connectivity index (χ4n) is 2.91. The van der Waals surface area contributed by atoms with Crippen LogP contribution < -0.4 is 5.32 Å². The molecular weight excluding hydrogens is 304 g/mol. The molecular formula is C15H26N2O2S2. The van der Waals surface area contributed by atoms with Crippen LogP contribution in [0.25, 0.3) is 0 Å². The summed E-state index contributed by atoms with van der Waals surface area (Å²) in [7, 11) is -2.96. The summed E-state index contributed by atoms with van der Waals surface area (Å²) in [6, 6.07) is 0.000185. The van der Waals surface area contributed by atoms with Crippen molar-refractivity contribution in [1.82, 2.24) is 10.3 Å². The Kier molecular flexibility index (Phi) is 5.80. The molecule has 2 rings (SSSR count). The Hall–Kier alpha value is -0.460. The van der Waals surface area contributed by atoms with Gasteiger partial charge in [0, 0.05) is 17.3 Å². The second-order valence-electron chi connectivity index (χ2n) is 5.92. The molecule has 0 aliphatic carbocycles. The number of nitrogens with one attached hydrogen (secondary N) is 1. The smallest absolute Gasteiger partial charge is 0.154 e. The molecule has 1 saturated heterocycles. The van der Waals surface area contributed by atoms with E-state index in [0.29, 0.717) is 5.75 Å². The van der Waals surface area contributed by atoms with Gasteiger partial charge in [0.15, 0.2) is 9.84 Å². The fourth-order valence-corrected chi connectivity index (χ4v) is 6.03. The third-order valence-corrected chi connectivity index (χ3v) is 7.64. The molecule has 1 aromatic rings. The standard InChI is InChI=1S/C15H26N2O2S2/c1-4-8-16-13(10-15-17-11(2)12(3)20-15)14-7-5-6-9-21(14,18)19/h13-14,16H,4-10H2,1-3H3. The molecule has 1 N–H and O–H groups in total. The summed E-state index contributed by atoms with van der Waals surface area (Å²) in [4.78, 5) is 5.81. The van der Waals surface area contributed by atoms with Gasteiger partial charge in [-0.2, -0.15) is 0 Å². The van der Waals surface area contributed by atoms with Gasteiger partial charge >= 0.3 is 0 Å². The molecule has 0 bridgehead atoms. The summed E-state index contributed by atoms with van der Waals surface area (Å²) >= 11 is 1.69. The van der Waals surface area contributed by atoms with Gasteiger partial charge in [-0.05, 0) is 39.7 Å². The lowest BCUT2D eigenvalue weighted by atomic mass is 10.0. The zero-order valence-corrected chi connectivity index (χ0v) is 14.8. The molecule has 120 valence electrons. The lowest BCUT2D eigenvalue weighted by Crippen LogP contribution is -2.48. The van der Waals surface area contributed by atoms with Crippen LogP contribution in [0.2, 0.25) is 0 Å². The number of nitrogens with zero attached hydrogens (tertiary/aromatic N) is 1. The van der Waals surface area contributed by atoms with Gasteiger partial charge in [0.25, 0.3) is 0 Å². The highest BCUT2D eigenvalue weighted by Crippen LogP contribution is 2.26. The highest BCUT2D eigenvalue weighted by atomic mass is 32.2. The Morgan fingerprint density at radius 2 is 2.14 bits per heavy atom. The zero-order chi connectivity index (χ0) is 15.5. The SMILES string of the molecule is CCCNC(Cc1nc(C)c(C)s1)C1CCCCS1(=O)=O. The van der Waals surface area contributed by atoms with Gasteiger partial charge in [-0.25, -0.2) is 13.4 Å². The van der Waals surface area contributed by atoms with E-state index in [1.54, 1.807) is 11.3 Å². The zero-order valence-electron chi connectivity index (χ0n) is 13.2. The number of hydrogen-bond acceptors (Lipinski definition) is 5. The third-order valence-electron chi connectivity index (χ3n) is 4.20. The molecule has 0 radical (unpaired) electrons. The van der Waals surface area contributed by atoms with Crippen LogP contribution in [0, 0.1) is 13.8 Å². The van der Waals surface area contributed by atoms with Crippen LogP contribution in [0.3, 0.4) is 0 Å². The Morgan fingerprint density at radius 1 is 1.38 bits per heavy atom. The Labute approximate surface area is 132 Å². The molecule has 1 aliphatic rings. The topological polar surface area (TPSA) is 59.1 Å². The van der Waals surface area contributed by atoms with Crippen molar-refractivity contribution in [2.75, 3.05) is 12.3 Å². The molecule has 0 amide bonds. The summed E-state index contributed by atoms with van der Waals surface area (Å²) in [5.41, 5.74) is 1.07. The summed E-state index contributed by atoms with van der Waals surface area (Å²) < 4.78 is 24.8. The van der Waals surface area contributed by atoms with Crippen molar-refractivity contribution in [2.24, 2.45) is 0 Å². The molecule has 1 aromatic heterocycles. The van der Waals surface area contributed by atoms with E-state index < -0.39 is 9.84 Å². The molecule has 0 saturated carbocycles. The van der Waals surface area contributed by atoms with Crippen molar-refractivity contribution in [3.63, 3.8) is 0 Å². The van der Waals surface area contributed by atoms with Crippen molar-refractivity contribution < 1.29 is 8.42 Å². The first-order valence-corrected chi connectivity index (χ1v) is 10.3. The molecule has 1 aliphatic heterocycles. The summed E-state index contributed by atoms with van der Waals surface area (Å²) in [6.07, 6.45) is 4.36. The number of thiazole rings is 1. The van der Waals surface area contributed by atoms with E-state index in [4.69, 9.17) is 0 Å². The van der Waals surface area contributed by atoms with E-state index in [1.165, 1.54) is 4.88 Å². The monoisotopic (exact) mass is 330 g/mol. The lowest BCUT2D eigenvalue weighted by Gasteiger charge is -2.30. The van der Waals surface area contributed by atoms with Crippen LogP contribution in [0.5, 0.6) is 0 Å². The average Bonchev–Trinajstić information content (AvgIpc) is 2.73. The second-order valence-corrected chi connectivity index (χ2v) is 9.54. The summed E-state index contributed by atoms with van der Waals surface area (Å²) in [6.45, 7) is 7.06. The first-order valence-electron chi connectivity index (χ1n) is 7.82. The van der Waals surface area contributed by atoms with E-state index in [2.05, 4.69) is 24.1 Å². The van der Waals surface area contributed by atoms with Crippen molar-refractivity contribution in [2.45, 2.75) is 64.2 Å². The van der Waals surface area contributed by atoms with E-state index >= 15 is 0 Å². The highest BCUT2D eigenvalue weighted by molar-refractivity contribution is 7.92. The van der Waals surface area contributed by atoms with Crippen LogP contribution in [0.4, 0.5) is 0 Å². The lowest BCUT2D eigenvalue weighted by molar-refractivity contribution is 0.433. The number of aromatic nitrogens is 1. The molecule has 1 fully saturated rings. The maximum absolute atomic E-state index is 12.4. The van der Waals surface area contributed by atoms with Gasteiger partial charge < -0.3 is 5.32 Å². The molecule has 21 heavy (non-hydrogen) atoms. The van der Waals surface area contributed by atoms with Crippen LogP contribution in [0.15, 0.2) is 0 Å². The summed E-state index contributed by atoms with van der Waals surface area (Å²) in [5.74, 6) is 0.345. The first-order chi connectivity index (χ1) is 9.94. The van der Waals surface area contributed by atoms with E-state index in [9.17, 15) is 8.42 Å². The highest BCUT2D eigenvalue weighted by Gasteiger charge is 2.35. The number of aryl methyl sites for hydroxylation is 2. The molecule has 0 spiro atoms. The number of hydrogen-bond donors (Lipinski definition) is 1. The quantitative estimate of drug-likeness (QED) is 0.871. The predicted molar refractivity (Wildman–Crippen MR) is 88.8 cm³/mol.